The highest BCUT2D eigenvalue weighted by molar-refractivity contribution is 6.01. The van der Waals surface area contributed by atoms with Crippen molar-refractivity contribution in [2.75, 3.05) is 13.6 Å². The van der Waals surface area contributed by atoms with Crippen LogP contribution in [0.25, 0.3) is 0 Å². The lowest BCUT2D eigenvalue weighted by Crippen LogP contribution is -2.67. The number of carbonyl (C=O) groups excluding carboxylic acids is 3. The molecule has 4 rings (SSSR count). The summed E-state index contributed by atoms with van der Waals surface area (Å²) < 4.78 is 0. The van der Waals surface area contributed by atoms with Crippen LogP contribution in [0.5, 0.6) is 0 Å². The highest BCUT2D eigenvalue weighted by atomic mass is 16.2. The number of amides is 3. The van der Waals surface area contributed by atoms with Crippen LogP contribution in [-0.4, -0.2) is 81.3 Å². The molecule has 1 N–H and O–H groups in total. The fourth-order valence-electron chi connectivity index (χ4n) is 4.50. The van der Waals surface area contributed by atoms with Gasteiger partial charge in [0, 0.05) is 7.05 Å². The zero-order valence-corrected chi connectivity index (χ0v) is 18.0. The summed E-state index contributed by atoms with van der Waals surface area (Å²) in [6.45, 7) is 7.75. The molecule has 0 aliphatic carbocycles. The predicted octanol–water partition coefficient (Wildman–Crippen LogP) is 0.942. The summed E-state index contributed by atoms with van der Waals surface area (Å²) in [7, 11) is 1.70. The van der Waals surface area contributed by atoms with Crippen molar-refractivity contribution in [3.05, 3.63) is 35.4 Å². The largest absolute Gasteiger partial charge is 0.328 e. The minimum Gasteiger partial charge on any atom is -0.310 e. The number of imide groups is 1. The molecule has 2 saturated heterocycles. The average Bonchev–Trinajstić information content (AvgIpc) is 3.10. The molecule has 1 aromatic rings. The van der Waals surface area contributed by atoms with E-state index in [0.29, 0.717) is 0 Å². The highest BCUT2D eigenvalue weighted by Gasteiger charge is 2.58. The fraction of sp³-hybridized carbons (Fsp3) is 0.524. The van der Waals surface area contributed by atoms with Crippen molar-refractivity contribution in [2.24, 2.45) is 5.10 Å². The van der Waals surface area contributed by atoms with Gasteiger partial charge in [-0.25, -0.2) is 9.69 Å². The van der Waals surface area contributed by atoms with Gasteiger partial charge in [-0.15, -0.1) is 0 Å². The lowest BCUT2D eigenvalue weighted by atomic mass is 10.0. The lowest BCUT2D eigenvalue weighted by molar-refractivity contribution is -0.140. The first-order valence-corrected chi connectivity index (χ1v) is 10.2. The van der Waals surface area contributed by atoms with Crippen LogP contribution in [0, 0.1) is 6.92 Å². The molecule has 0 bridgehead atoms. The maximum absolute atomic E-state index is 13.6. The standard InChI is InChI=1S/C21H28N6O3/c1-12-8-6-7-9-16(12)11-25-19(29)17-18(24(5)21(25)30)22-20-26(10-13(2)28)23-14(3)15(4)27(17)20/h6-9,15,17-18,20,22H,10-11H2,1-5H3. The molecule has 0 radical (unpaired) electrons. The van der Waals surface area contributed by atoms with E-state index in [0.717, 1.165) is 16.8 Å². The van der Waals surface area contributed by atoms with Crippen LogP contribution in [0.2, 0.25) is 0 Å². The van der Waals surface area contributed by atoms with E-state index in [4.69, 9.17) is 0 Å². The Kier molecular flexibility index (Phi) is 5.11. The first-order chi connectivity index (χ1) is 14.2. The predicted molar refractivity (Wildman–Crippen MR) is 111 cm³/mol. The van der Waals surface area contributed by atoms with Gasteiger partial charge in [0.25, 0.3) is 5.91 Å². The Bertz CT molecular complexity index is 931. The van der Waals surface area contributed by atoms with Crippen LogP contribution in [0.3, 0.4) is 0 Å². The van der Waals surface area contributed by atoms with Crippen LogP contribution >= 0.6 is 0 Å². The molecule has 30 heavy (non-hydrogen) atoms. The number of carbonyl (C=O) groups is 3. The topological polar surface area (TPSA) is 88.6 Å². The molecule has 0 saturated carbocycles. The van der Waals surface area contributed by atoms with Gasteiger partial charge in [-0.2, -0.15) is 5.10 Å². The second-order valence-corrected chi connectivity index (χ2v) is 8.34. The van der Waals surface area contributed by atoms with E-state index in [-0.39, 0.29) is 36.9 Å². The monoisotopic (exact) mass is 412 g/mol. The van der Waals surface area contributed by atoms with Gasteiger partial charge in [0.1, 0.15) is 12.2 Å². The van der Waals surface area contributed by atoms with E-state index in [1.54, 1.807) is 17.0 Å². The second kappa shape index (κ2) is 7.48. The van der Waals surface area contributed by atoms with Crippen molar-refractivity contribution in [1.29, 1.82) is 0 Å². The summed E-state index contributed by atoms with van der Waals surface area (Å²) in [5, 5.41) is 9.60. The number of nitrogens with one attached hydrogen (secondary N) is 1. The van der Waals surface area contributed by atoms with Crippen molar-refractivity contribution in [1.82, 2.24) is 25.0 Å². The summed E-state index contributed by atoms with van der Waals surface area (Å²) in [6.07, 6.45) is -0.915. The number of fused-ring (bicyclic) bond motifs is 3. The molecule has 1 aromatic carbocycles. The first-order valence-electron chi connectivity index (χ1n) is 10.2. The zero-order valence-electron chi connectivity index (χ0n) is 18.0. The Morgan fingerprint density at radius 2 is 1.90 bits per heavy atom. The molecule has 160 valence electrons. The molecule has 2 fully saturated rings. The Labute approximate surface area is 176 Å². The lowest BCUT2D eigenvalue weighted by Gasteiger charge is -2.44. The molecule has 3 heterocycles. The molecule has 3 aliphatic heterocycles. The number of hydrogen-bond donors (Lipinski definition) is 1. The SMILES string of the molecule is CC(=O)CN1N=C(C)C(C)N2C3C(=O)N(Cc4ccccc4C)C(=O)N(C)C3NC12. The Hall–Kier alpha value is -2.78. The van der Waals surface area contributed by atoms with Crippen molar-refractivity contribution >= 4 is 23.4 Å². The van der Waals surface area contributed by atoms with Gasteiger partial charge in [0.15, 0.2) is 12.1 Å². The fourth-order valence-corrected chi connectivity index (χ4v) is 4.50. The summed E-state index contributed by atoms with van der Waals surface area (Å²) in [6, 6.07) is 6.76. The van der Waals surface area contributed by atoms with Crippen molar-refractivity contribution in [3.8, 4) is 0 Å². The quantitative estimate of drug-likeness (QED) is 0.792. The van der Waals surface area contributed by atoms with E-state index in [1.807, 2.05) is 49.9 Å². The van der Waals surface area contributed by atoms with Gasteiger partial charge in [-0.3, -0.25) is 24.8 Å². The zero-order chi connectivity index (χ0) is 21.7. The molecule has 3 aliphatic rings. The van der Waals surface area contributed by atoms with Crippen molar-refractivity contribution < 1.29 is 14.4 Å². The minimum absolute atomic E-state index is 0.0188. The van der Waals surface area contributed by atoms with E-state index >= 15 is 0 Å². The molecule has 3 amide bonds. The van der Waals surface area contributed by atoms with Gasteiger partial charge < -0.3 is 4.90 Å². The van der Waals surface area contributed by atoms with Gasteiger partial charge in [0.2, 0.25) is 0 Å². The number of benzene rings is 1. The number of likely N-dealkylation sites (N-methyl/N-ethyl adjacent to an activating group) is 1. The summed E-state index contributed by atoms with van der Waals surface area (Å²) >= 11 is 0. The molecule has 0 spiro atoms. The van der Waals surface area contributed by atoms with Crippen LogP contribution in [0.15, 0.2) is 29.4 Å². The van der Waals surface area contributed by atoms with Gasteiger partial charge in [0.05, 0.1) is 24.8 Å². The number of ketones is 1. The number of nitrogens with zero attached hydrogens (tertiary/aromatic N) is 5. The average molecular weight is 412 g/mol. The number of rotatable bonds is 4. The minimum atomic E-state index is -0.559. The first kappa shape index (κ1) is 20.5. The van der Waals surface area contributed by atoms with Crippen LogP contribution in [0.4, 0.5) is 4.79 Å². The number of hydrogen-bond acceptors (Lipinski definition) is 7. The third kappa shape index (κ3) is 3.18. The number of Topliss-reactive ketones (excluding diaryl/α,β-unsaturated/α-hetero) is 1. The Morgan fingerprint density at radius 3 is 2.57 bits per heavy atom. The highest BCUT2D eigenvalue weighted by Crippen LogP contribution is 2.33. The van der Waals surface area contributed by atoms with Crippen molar-refractivity contribution in [2.45, 2.75) is 58.8 Å². The number of aryl methyl sites for hydroxylation is 1. The van der Waals surface area contributed by atoms with E-state index in [9.17, 15) is 14.4 Å². The summed E-state index contributed by atoms with van der Waals surface area (Å²) in [5.41, 5.74) is 2.80. The van der Waals surface area contributed by atoms with Crippen LogP contribution in [-0.2, 0) is 16.1 Å². The molecule has 9 nitrogen and oxygen atoms in total. The smallest absolute Gasteiger partial charge is 0.310 e. The molecule has 0 aromatic heterocycles. The van der Waals surface area contributed by atoms with Gasteiger partial charge in [-0.1, -0.05) is 24.3 Å². The molecular formula is C21H28N6O3. The molecular weight excluding hydrogens is 384 g/mol. The molecule has 4 atom stereocenters. The van der Waals surface area contributed by atoms with Gasteiger partial charge >= 0.3 is 6.03 Å². The number of urea groups is 1. The molecule has 4 unspecified atom stereocenters. The van der Waals surface area contributed by atoms with Crippen LogP contribution in [0.1, 0.15) is 31.9 Å². The third-order valence-corrected chi connectivity index (χ3v) is 6.29. The van der Waals surface area contributed by atoms with Crippen LogP contribution < -0.4 is 5.32 Å². The molecule has 9 heteroatoms. The van der Waals surface area contributed by atoms with Crippen molar-refractivity contribution in [3.63, 3.8) is 0 Å². The third-order valence-electron chi connectivity index (χ3n) is 6.29. The van der Waals surface area contributed by atoms with E-state index in [2.05, 4.69) is 10.4 Å². The Balaban J connectivity index is 1.68. The maximum Gasteiger partial charge on any atom is 0.328 e. The summed E-state index contributed by atoms with van der Waals surface area (Å²) in [5.74, 6) is -0.250. The summed E-state index contributed by atoms with van der Waals surface area (Å²) in [4.78, 5) is 43.4. The van der Waals surface area contributed by atoms with E-state index in [1.165, 1.54) is 11.8 Å². The second-order valence-electron chi connectivity index (χ2n) is 8.34. The van der Waals surface area contributed by atoms with E-state index < -0.39 is 18.5 Å². The van der Waals surface area contributed by atoms with Gasteiger partial charge in [-0.05, 0) is 38.8 Å². The Morgan fingerprint density at radius 1 is 1.20 bits per heavy atom. The normalized spacial score (nSPS) is 29.1. The maximum atomic E-state index is 13.6. The number of hydrazone groups is 1.